The maximum absolute atomic E-state index is 15.2. The molecule has 1 aliphatic carbocycles. The second kappa shape index (κ2) is 7.87. The lowest BCUT2D eigenvalue weighted by Gasteiger charge is -2.13. The number of benzene rings is 3. The van der Waals surface area contributed by atoms with Crippen LogP contribution >= 0.6 is 0 Å². The number of aromatic nitrogens is 2. The summed E-state index contributed by atoms with van der Waals surface area (Å²) in [5.41, 5.74) is 6.33. The molecule has 162 valence electrons. The normalized spacial score (nSPS) is 14.1. The number of aromatic amines is 1. The first-order chi connectivity index (χ1) is 16.0. The number of aryl methyl sites for hydroxylation is 2. The van der Waals surface area contributed by atoms with Gasteiger partial charge in [-0.2, -0.15) is 10.4 Å². The van der Waals surface area contributed by atoms with Crippen molar-refractivity contribution in [3.63, 3.8) is 0 Å². The lowest BCUT2D eigenvalue weighted by molar-refractivity contribution is 0.627. The molecule has 0 saturated heterocycles. The molecule has 1 heterocycles. The summed E-state index contributed by atoms with van der Waals surface area (Å²) in [6, 6.07) is 17.6. The van der Waals surface area contributed by atoms with Gasteiger partial charge in [0.25, 0.3) is 0 Å². The molecule has 1 fully saturated rings. The molecule has 5 heteroatoms. The number of fused-ring (bicyclic) bond motifs is 1. The predicted molar refractivity (Wildman–Crippen MR) is 128 cm³/mol. The minimum Gasteiger partial charge on any atom is -0.278 e. The van der Waals surface area contributed by atoms with Gasteiger partial charge in [-0.25, -0.2) is 9.24 Å². The van der Waals surface area contributed by atoms with Crippen molar-refractivity contribution >= 4 is 16.6 Å². The fourth-order valence-corrected chi connectivity index (χ4v) is 4.69. The van der Waals surface area contributed by atoms with Crippen LogP contribution in [0.1, 0.15) is 42.9 Å². The molecule has 1 aromatic heterocycles. The van der Waals surface area contributed by atoms with E-state index in [1.165, 1.54) is 0 Å². The molecule has 0 radical (unpaired) electrons. The van der Waals surface area contributed by atoms with Crippen LogP contribution in [0.3, 0.4) is 0 Å². The Bertz CT molecular complexity index is 1440. The van der Waals surface area contributed by atoms with E-state index in [9.17, 15) is 5.26 Å². The van der Waals surface area contributed by atoms with Crippen molar-refractivity contribution in [2.45, 2.75) is 44.9 Å². The summed E-state index contributed by atoms with van der Waals surface area (Å²) in [5.74, 6) is -0.302. The third-order valence-corrected chi connectivity index (χ3v) is 6.63. The Morgan fingerprint density at radius 3 is 2.55 bits per heavy atom. The first-order valence-electron chi connectivity index (χ1n) is 11.2. The van der Waals surface area contributed by atoms with Crippen LogP contribution in [-0.4, -0.2) is 10.2 Å². The summed E-state index contributed by atoms with van der Waals surface area (Å²) in [7, 11) is 0. The van der Waals surface area contributed by atoms with E-state index in [0.717, 1.165) is 64.5 Å². The van der Waals surface area contributed by atoms with Gasteiger partial charge < -0.3 is 0 Å². The first-order valence-corrected chi connectivity index (χ1v) is 11.2. The zero-order valence-electron chi connectivity index (χ0n) is 18.7. The standard InChI is InChI=1S/C28H23FN4/c1-4-5-18-12-17(2)26(23(29)13-18)21-14-22-25(15-24(21)31-3)32-33-27(22)19-6-8-20(9-7-19)28(16-30)10-11-28/h6-9,12-15H,4-5,10-11H2,1-2H3,(H,32,33). The molecule has 5 rings (SSSR count). The number of nitrogens with one attached hydrogen (secondary N) is 1. The average Bonchev–Trinajstić information content (AvgIpc) is 3.51. The lowest BCUT2D eigenvalue weighted by Crippen LogP contribution is -2.01. The first kappa shape index (κ1) is 20.9. The van der Waals surface area contributed by atoms with Gasteiger partial charge in [-0.15, -0.1) is 0 Å². The number of H-pyrrole nitrogens is 1. The third kappa shape index (κ3) is 3.47. The van der Waals surface area contributed by atoms with Crippen molar-refractivity contribution in [1.29, 1.82) is 5.26 Å². The summed E-state index contributed by atoms with van der Waals surface area (Å²) < 4.78 is 15.2. The second-order valence-corrected chi connectivity index (χ2v) is 8.89. The zero-order chi connectivity index (χ0) is 23.2. The summed E-state index contributed by atoms with van der Waals surface area (Å²) in [6.45, 7) is 11.6. The highest BCUT2D eigenvalue weighted by atomic mass is 19.1. The van der Waals surface area contributed by atoms with Crippen molar-refractivity contribution in [2.75, 3.05) is 0 Å². The largest absolute Gasteiger partial charge is 0.278 e. The van der Waals surface area contributed by atoms with E-state index in [-0.39, 0.29) is 11.2 Å². The van der Waals surface area contributed by atoms with Crippen molar-refractivity contribution in [3.8, 4) is 28.5 Å². The third-order valence-electron chi connectivity index (χ3n) is 6.63. The monoisotopic (exact) mass is 434 g/mol. The van der Waals surface area contributed by atoms with Crippen molar-refractivity contribution in [3.05, 3.63) is 82.5 Å². The number of hydrogen-bond donors (Lipinski definition) is 1. The highest BCUT2D eigenvalue weighted by molar-refractivity contribution is 6.00. The highest BCUT2D eigenvalue weighted by Crippen LogP contribution is 2.48. The Labute approximate surface area is 192 Å². The lowest BCUT2D eigenvalue weighted by atomic mass is 9.93. The Morgan fingerprint density at radius 2 is 1.94 bits per heavy atom. The molecule has 0 unspecified atom stereocenters. The summed E-state index contributed by atoms with van der Waals surface area (Å²) in [4.78, 5) is 3.68. The van der Waals surface area contributed by atoms with Crippen molar-refractivity contribution in [1.82, 2.24) is 10.2 Å². The van der Waals surface area contributed by atoms with Crippen LogP contribution in [0.15, 0.2) is 48.5 Å². The number of hydrogen-bond acceptors (Lipinski definition) is 2. The molecule has 33 heavy (non-hydrogen) atoms. The molecule has 0 amide bonds. The van der Waals surface area contributed by atoms with Crippen molar-refractivity contribution in [2.24, 2.45) is 0 Å². The molecule has 1 saturated carbocycles. The van der Waals surface area contributed by atoms with Crippen LogP contribution in [0.2, 0.25) is 0 Å². The van der Waals surface area contributed by atoms with Crippen molar-refractivity contribution < 1.29 is 4.39 Å². The van der Waals surface area contributed by atoms with E-state index in [0.29, 0.717) is 16.8 Å². The van der Waals surface area contributed by atoms with E-state index in [1.807, 2.05) is 43.3 Å². The summed E-state index contributed by atoms with van der Waals surface area (Å²) in [6.07, 6.45) is 3.57. The molecular weight excluding hydrogens is 411 g/mol. The van der Waals surface area contributed by atoms with Gasteiger partial charge in [0, 0.05) is 16.5 Å². The van der Waals surface area contributed by atoms with Gasteiger partial charge >= 0.3 is 0 Å². The van der Waals surface area contributed by atoms with Gasteiger partial charge in [0.05, 0.1) is 29.3 Å². The molecule has 3 aromatic carbocycles. The molecule has 0 atom stereocenters. The molecular formula is C28H23FN4. The van der Waals surface area contributed by atoms with Crippen LogP contribution in [0.25, 0.3) is 38.1 Å². The molecule has 4 aromatic rings. The minimum atomic E-state index is -0.330. The number of nitrogens with zero attached hydrogens (tertiary/aromatic N) is 3. The van der Waals surface area contributed by atoms with Gasteiger partial charge in [-0.05, 0) is 60.6 Å². The average molecular weight is 435 g/mol. The number of halogens is 1. The number of nitriles is 1. The Balaban J connectivity index is 1.63. The second-order valence-electron chi connectivity index (χ2n) is 8.89. The fraction of sp³-hybridized carbons (Fsp3) is 0.250. The minimum absolute atomic E-state index is 0.302. The van der Waals surface area contributed by atoms with E-state index < -0.39 is 0 Å². The Morgan fingerprint density at radius 1 is 1.18 bits per heavy atom. The van der Waals surface area contributed by atoms with E-state index in [2.05, 4.69) is 28.0 Å². The Hall–Kier alpha value is -3.96. The van der Waals surface area contributed by atoms with Crippen LogP contribution in [0.5, 0.6) is 0 Å². The number of rotatable bonds is 5. The Kier molecular flexibility index (Phi) is 4.99. The van der Waals surface area contributed by atoms with Gasteiger partial charge in [-0.3, -0.25) is 5.10 Å². The highest BCUT2D eigenvalue weighted by Gasteiger charge is 2.44. The smallest absolute Gasteiger partial charge is 0.197 e. The van der Waals surface area contributed by atoms with Crippen LogP contribution in [0, 0.1) is 30.6 Å². The van der Waals surface area contributed by atoms with Gasteiger partial charge in [-0.1, -0.05) is 49.7 Å². The van der Waals surface area contributed by atoms with Crippen LogP contribution < -0.4 is 0 Å². The quantitative estimate of drug-likeness (QED) is 0.333. The van der Waals surface area contributed by atoms with Crippen LogP contribution in [-0.2, 0) is 11.8 Å². The zero-order valence-corrected chi connectivity index (χ0v) is 18.7. The topological polar surface area (TPSA) is 56.8 Å². The molecule has 0 bridgehead atoms. The maximum Gasteiger partial charge on any atom is 0.197 e. The van der Waals surface area contributed by atoms with E-state index >= 15 is 4.39 Å². The fourth-order valence-electron chi connectivity index (χ4n) is 4.69. The SMILES string of the molecule is [C-]#[N+]c1cc2[nH]nc(-c3ccc(C4(C#N)CC4)cc3)c2cc1-c1c(C)cc(CCC)cc1F. The van der Waals surface area contributed by atoms with Crippen LogP contribution in [0.4, 0.5) is 10.1 Å². The maximum atomic E-state index is 15.2. The van der Waals surface area contributed by atoms with Gasteiger partial charge in [0.15, 0.2) is 5.69 Å². The van der Waals surface area contributed by atoms with E-state index in [1.54, 1.807) is 12.1 Å². The molecule has 4 nitrogen and oxygen atoms in total. The summed E-state index contributed by atoms with van der Waals surface area (Å²) >= 11 is 0. The molecule has 1 aliphatic rings. The van der Waals surface area contributed by atoms with E-state index in [4.69, 9.17) is 6.57 Å². The van der Waals surface area contributed by atoms with Gasteiger partial charge in [0.2, 0.25) is 0 Å². The molecule has 1 N–H and O–H groups in total. The molecule has 0 aliphatic heterocycles. The predicted octanol–water partition coefficient (Wildman–Crippen LogP) is 7.40. The molecule has 0 spiro atoms. The van der Waals surface area contributed by atoms with Gasteiger partial charge in [0.1, 0.15) is 5.82 Å². The summed E-state index contributed by atoms with van der Waals surface area (Å²) in [5, 5.41) is 17.8.